The highest BCUT2D eigenvalue weighted by atomic mass is 16.5. The summed E-state index contributed by atoms with van der Waals surface area (Å²) in [6.07, 6.45) is 0.932. The third-order valence-corrected chi connectivity index (χ3v) is 7.37. The number of benzene rings is 3. The average molecular weight is 540 g/mol. The summed E-state index contributed by atoms with van der Waals surface area (Å²) in [5.74, 6) is 0.224. The summed E-state index contributed by atoms with van der Waals surface area (Å²) in [5.41, 5.74) is 0.884. The van der Waals surface area contributed by atoms with E-state index in [1.807, 2.05) is 50.2 Å². The van der Waals surface area contributed by atoms with E-state index in [4.69, 9.17) is 4.74 Å². The quantitative estimate of drug-likeness (QED) is 0.460. The highest BCUT2D eigenvalue weighted by Gasteiger charge is 2.52. The first-order chi connectivity index (χ1) is 19.3. The molecule has 1 N–H and O–H groups in total. The molecule has 8 heteroatoms. The molecule has 8 nitrogen and oxygen atoms in total. The standard InChI is InChI=1S/C32H33N3O5/c1-21(2)18-26(33-30(37)23-12-9-15-25(19-23)40-24-13-7-4-8-14-24)32(39)34-17-16-27-29(34)28(36)20-35(27)31(38)22-10-5-3-6-11-22/h3-15,19,21,26-27,29H,16-18,20H2,1-2H3,(H,33,37)/t26-,27?,29-/m0/s1. The average Bonchev–Trinajstić information content (AvgIpc) is 3.54. The van der Waals surface area contributed by atoms with Crippen LogP contribution < -0.4 is 10.1 Å². The van der Waals surface area contributed by atoms with E-state index >= 15 is 0 Å². The van der Waals surface area contributed by atoms with Crippen LogP contribution in [-0.4, -0.2) is 64.5 Å². The maximum Gasteiger partial charge on any atom is 0.254 e. The SMILES string of the molecule is CC(C)C[C@H](NC(=O)c1cccc(Oc2ccccc2)c1)C(=O)N1CCC2[C@H]1C(=O)CN2C(=O)c1ccccc1. The number of ketones is 1. The van der Waals surface area contributed by atoms with Gasteiger partial charge in [0.15, 0.2) is 5.78 Å². The third kappa shape index (κ3) is 5.76. The van der Waals surface area contributed by atoms with Crippen molar-refractivity contribution in [2.24, 2.45) is 5.92 Å². The molecule has 5 rings (SSSR count). The number of amides is 3. The van der Waals surface area contributed by atoms with Crippen LogP contribution in [0.15, 0.2) is 84.9 Å². The second-order valence-corrected chi connectivity index (χ2v) is 10.7. The summed E-state index contributed by atoms with van der Waals surface area (Å²) in [7, 11) is 0. The van der Waals surface area contributed by atoms with Crippen LogP contribution in [0.5, 0.6) is 11.5 Å². The Labute approximate surface area is 233 Å². The number of rotatable bonds is 8. The van der Waals surface area contributed by atoms with Crippen LogP contribution >= 0.6 is 0 Å². The van der Waals surface area contributed by atoms with Crippen molar-refractivity contribution in [2.75, 3.05) is 13.1 Å². The van der Waals surface area contributed by atoms with Gasteiger partial charge >= 0.3 is 0 Å². The molecule has 2 fully saturated rings. The molecule has 3 aromatic carbocycles. The van der Waals surface area contributed by atoms with Gasteiger partial charge in [-0.15, -0.1) is 0 Å². The number of hydrogen-bond acceptors (Lipinski definition) is 5. The summed E-state index contributed by atoms with van der Waals surface area (Å²) in [6.45, 7) is 4.29. The lowest BCUT2D eigenvalue weighted by atomic mass is 10.0. The molecule has 0 radical (unpaired) electrons. The second-order valence-electron chi connectivity index (χ2n) is 10.7. The molecule has 3 atom stereocenters. The van der Waals surface area contributed by atoms with Gasteiger partial charge in [-0.25, -0.2) is 0 Å². The van der Waals surface area contributed by atoms with Crippen LogP contribution in [-0.2, 0) is 9.59 Å². The Morgan fingerprint density at radius 3 is 2.23 bits per heavy atom. The van der Waals surface area contributed by atoms with Crippen molar-refractivity contribution < 1.29 is 23.9 Å². The van der Waals surface area contributed by atoms with Crippen molar-refractivity contribution in [1.29, 1.82) is 0 Å². The van der Waals surface area contributed by atoms with Gasteiger partial charge in [0.25, 0.3) is 11.8 Å². The molecule has 0 saturated carbocycles. The van der Waals surface area contributed by atoms with Crippen LogP contribution in [0.1, 0.15) is 47.4 Å². The molecule has 2 heterocycles. The minimum atomic E-state index is -0.809. The Hall–Kier alpha value is -4.46. The molecule has 3 aromatic rings. The number of carbonyl (C=O) groups excluding carboxylic acids is 4. The number of fused-ring (bicyclic) bond motifs is 1. The third-order valence-electron chi connectivity index (χ3n) is 7.37. The van der Waals surface area contributed by atoms with Crippen molar-refractivity contribution in [2.45, 2.75) is 44.8 Å². The van der Waals surface area contributed by atoms with Crippen molar-refractivity contribution >= 4 is 23.5 Å². The van der Waals surface area contributed by atoms with Crippen molar-refractivity contribution in [3.63, 3.8) is 0 Å². The number of likely N-dealkylation sites (tertiary alicyclic amines) is 2. The largest absolute Gasteiger partial charge is 0.457 e. The fraction of sp³-hybridized carbons (Fsp3) is 0.312. The van der Waals surface area contributed by atoms with Gasteiger partial charge in [-0.05, 0) is 61.2 Å². The Balaban J connectivity index is 1.30. The minimum absolute atomic E-state index is 0.0255. The molecule has 206 valence electrons. The van der Waals surface area contributed by atoms with Gasteiger partial charge in [-0.2, -0.15) is 0 Å². The Bertz CT molecular complexity index is 1390. The van der Waals surface area contributed by atoms with Gasteiger partial charge in [0.1, 0.15) is 23.6 Å². The van der Waals surface area contributed by atoms with Gasteiger partial charge < -0.3 is 19.9 Å². The van der Waals surface area contributed by atoms with E-state index in [0.717, 1.165) is 0 Å². The fourth-order valence-electron chi connectivity index (χ4n) is 5.55. The first kappa shape index (κ1) is 27.1. The van der Waals surface area contributed by atoms with Crippen LogP contribution in [0.3, 0.4) is 0 Å². The zero-order valence-corrected chi connectivity index (χ0v) is 22.7. The number of ether oxygens (including phenoxy) is 1. The first-order valence-corrected chi connectivity index (χ1v) is 13.6. The Kier molecular flexibility index (Phi) is 7.96. The van der Waals surface area contributed by atoms with Gasteiger partial charge in [-0.1, -0.05) is 56.3 Å². The molecule has 0 spiro atoms. The molecule has 40 heavy (non-hydrogen) atoms. The lowest BCUT2D eigenvalue weighted by molar-refractivity contribution is -0.138. The maximum absolute atomic E-state index is 13.8. The zero-order valence-electron chi connectivity index (χ0n) is 22.7. The predicted molar refractivity (Wildman–Crippen MR) is 150 cm³/mol. The van der Waals surface area contributed by atoms with Crippen LogP contribution in [0.2, 0.25) is 0 Å². The molecule has 2 aliphatic heterocycles. The monoisotopic (exact) mass is 539 g/mol. The van der Waals surface area contributed by atoms with Crippen molar-refractivity contribution in [3.05, 3.63) is 96.1 Å². The number of Topliss-reactive ketones (excluding diaryl/α,β-unsaturated/α-hetero) is 1. The van der Waals surface area contributed by atoms with E-state index in [9.17, 15) is 19.2 Å². The minimum Gasteiger partial charge on any atom is -0.457 e. The fourth-order valence-corrected chi connectivity index (χ4v) is 5.55. The molecule has 0 bridgehead atoms. The molecule has 2 saturated heterocycles. The number of hydrogen-bond donors (Lipinski definition) is 1. The number of nitrogens with zero attached hydrogens (tertiary/aromatic N) is 2. The van der Waals surface area contributed by atoms with Crippen molar-refractivity contribution in [3.8, 4) is 11.5 Å². The topological polar surface area (TPSA) is 96.0 Å². The molecule has 3 amide bonds. The smallest absolute Gasteiger partial charge is 0.254 e. The van der Waals surface area contributed by atoms with E-state index in [-0.39, 0.29) is 36.1 Å². The number of para-hydroxylation sites is 1. The van der Waals surface area contributed by atoms with E-state index in [0.29, 0.717) is 42.0 Å². The van der Waals surface area contributed by atoms with Gasteiger partial charge in [0.05, 0.1) is 12.6 Å². The van der Waals surface area contributed by atoms with Gasteiger partial charge in [-0.3, -0.25) is 19.2 Å². The van der Waals surface area contributed by atoms with E-state index in [1.165, 1.54) is 0 Å². The summed E-state index contributed by atoms with van der Waals surface area (Å²) >= 11 is 0. The zero-order chi connectivity index (χ0) is 28.2. The first-order valence-electron chi connectivity index (χ1n) is 13.6. The number of nitrogens with one attached hydrogen (secondary N) is 1. The molecule has 0 aliphatic carbocycles. The molecular formula is C32H33N3O5. The molecule has 0 aromatic heterocycles. The Morgan fingerprint density at radius 2 is 1.52 bits per heavy atom. The lowest BCUT2D eigenvalue weighted by Crippen LogP contribution is -2.53. The Morgan fingerprint density at radius 1 is 0.875 bits per heavy atom. The maximum atomic E-state index is 13.8. The van der Waals surface area contributed by atoms with Gasteiger partial charge in [0, 0.05) is 17.7 Å². The van der Waals surface area contributed by atoms with Crippen LogP contribution in [0.4, 0.5) is 0 Å². The number of carbonyl (C=O) groups is 4. The second kappa shape index (κ2) is 11.7. The van der Waals surface area contributed by atoms with E-state index in [1.54, 1.807) is 58.3 Å². The van der Waals surface area contributed by atoms with Gasteiger partial charge in [0.2, 0.25) is 5.91 Å². The van der Waals surface area contributed by atoms with E-state index < -0.39 is 18.0 Å². The van der Waals surface area contributed by atoms with Crippen LogP contribution in [0.25, 0.3) is 0 Å². The van der Waals surface area contributed by atoms with Crippen molar-refractivity contribution in [1.82, 2.24) is 15.1 Å². The molecular weight excluding hydrogens is 506 g/mol. The lowest BCUT2D eigenvalue weighted by Gasteiger charge is -2.29. The summed E-state index contributed by atoms with van der Waals surface area (Å²) < 4.78 is 5.86. The summed E-state index contributed by atoms with van der Waals surface area (Å²) in [4.78, 5) is 56.5. The molecule has 2 aliphatic rings. The van der Waals surface area contributed by atoms with Crippen LogP contribution in [0, 0.1) is 5.92 Å². The van der Waals surface area contributed by atoms with E-state index in [2.05, 4.69) is 5.32 Å². The normalized spacial score (nSPS) is 18.9. The highest BCUT2D eigenvalue weighted by Crippen LogP contribution is 2.32. The molecule has 1 unspecified atom stereocenters. The predicted octanol–water partition coefficient (Wildman–Crippen LogP) is 4.32. The highest BCUT2D eigenvalue weighted by molar-refractivity contribution is 6.03. The summed E-state index contributed by atoms with van der Waals surface area (Å²) in [6, 6.07) is 23.1. The summed E-state index contributed by atoms with van der Waals surface area (Å²) in [5, 5.41) is 2.91.